The van der Waals surface area contributed by atoms with Crippen molar-refractivity contribution >= 4 is 5.69 Å². The van der Waals surface area contributed by atoms with E-state index in [1.807, 2.05) is 25.1 Å². The lowest BCUT2D eigenvalue weighted by Gasteiger charge is -2.11. The van der Waals surface area contributed by atoms with Crippen LogP contribution in [0.2, 0.25) is 0 Å². The summed E-state index contributed by atoms with van der Waals surface area (Å²) < 4.78 is 5.52. The third-order valence-corrected chi connectivity index (χ3v) is 3.30. The molecule has 124 valence electrons. The molecule has 0 aliphatic heterocycles. The topological polar surface area (TPSA) is 64.4 Å². The Labute approximate surface area is 142 Å². The van der Waals surface area contributed by atoms with Gasteiger partial charge in [-0.05, 0) is 31.5 Å². The molecule has 2 aromatic carbocycles. The first-order valence-corrected chi connectivity index (χ1v) is 7.35. The van der Waals surface area contributed by atoms with Gasteiger partial charge in [-0.2, -0.15) is 0 Å². The molecule has 0 saturated carbocycles. The van der Waals surface area contributed by atoms with Gasteiger partial charge in [-0.3, -0.25) is 10.1 Å². The summed E-state index contributed by atoms with van der Waals surface area (Å²) in [5.74, 6) is 0.695. The summed E-state index contributed by atoms with van der Waals surface area (Å²) in [4.78, 5) is 10.5. The average Bonchev–Trinajstić information content (AvgIpc) is 2.54. The van der Waals surface area contributed by atoms with Crippen molar-refractivity contribution in [3.05, 3.63) is 69.8 Å². The zero-order chi connectivity index (χ0) is 15.8. The van der Waals surface area contributed by atoms with Crippen LogP contribution in [0.5, 0.6) is 5.75 Å². The summed E-state index contributed by atoms with van der Waals surface area (Å²) >= 11 is 0. The minimum Gasteiger partial charge on any atom is -1.00 e. The van der Waals surface area contributed by atoms with Gasteiger partial charge in [-0.1, -0.05) is 30.3 Å². The second-order valence-electron chi connectivity index (χ2n) is 4.89. The monoisotopic (exact) mass is 335 g/mol. The average molecular weight is 336 g/mol. The van der Waals surface area contributed by atoms with Crippen LogP contribution >= 0.6 is 0 Å². The quantitative estimate of drug-likeness (QED) is 0.429. The van der Waals surface area contributed by atoms with Crippen LogP contribution in [0.15, 0.2) is 48.5 Å². The predicted molar refractivity (Wildman–Crippen MR) is 86.1 cm³/mol. The van der Waals surface area contributed by atoms with E-state index in [4.69, 9.17) is 4.74 Å². The molecule has 0 unspecified atom stereocenters. The lowest BCUT2D eigenvalue weighted by molar-refractivity contribution is -0.384. The lowest BCUT2D eigenvalue weighted by Crippen LogP contribution is -3.00. The summed E-state index contributed by atoms with van der Waals surface area (Å²) in [6.07, 6.45) is 0.916. The van der Waals surface area contributed by atoms with Crippen LogP contribution in [-0.2, 0) is 13.0 Å². The first-order chi connectivity index (χ1) is 10.7. The van der Waals surface area contributed by atoms with E-state index in [1.165, 1.54) is 11.6 Å². The van der Waals surface area contributed by atoms with Crippen molar-refractivity contribution in [2.24, 2.45) is 0 Å². The Bertz CT molecular complexity index is 620. The number of rotatable bonds is 8. The number of nitrogens with one attached hydrogen (secondary N) is 1. The molecule has 0 aliphatic carbocycles. The molecule has 1 N–H and O–H groups in total. The third kappa shape index (κ3) is 5.88. The van der Waals surface area contributed by atoms with Gasteiger partial charge in [-0.15, -0.1) is 0 Å². The van der Waals surface area contributed by atoms with Gasteiger partial charge in [0.1, 0.15) is 5.75 Å². The van der Waals surface area contributed by atoms with Crippen LogP contribution in [0.3, 0.4) is 0 Å². The van der Waals surface area contributed by atoms with E-state index in [1.54, 1.807) is 12.1 Å². The molecule has 0 fully saturated rings. The maximum Gasteiger partial charge on any atom is 0.270 e. The number of halogens is 1. The van der Waals surface area contributed by atoms with Crippen molar-refractivity contribution < 1.29 is 22.1 Å². The molecule has 0 saturated heterocycles. The Kier molecular flexibility index (Phi) is 8.08. The summed E-state index contributed by atoms with van der Waals surface area (Å²) in [6.45, 7) is 3.78. The van der Waals surface area contributed by atoms with Gasteiger partial charge in [0.25, 0.3) is 5.69 Å². The first kappa shape index (κ1) is 18.9. The highest BCUT2D eigenvalue weighted by Gasteiger charge is 2.11. The molecular weight excluding hydrogens is 316 g/mol. The Morgan fingerprint density at radius 2 is 1.91 bits per heavy atom. The van der Waals surface area contributed by atoms with Gasteiger partial charge >= 0.3 is 0 Å². The Morgan fingerprint density at radius 1 is 1.17 bits per heavy atom. The first-order valence-electron chi connectivity index (χ1n) is 7.35. The summed E-state index contributed by atoms with van der Waals surface area (Å²) in [5, 5.41) is 14.2. The molecule has 6 heteroatoms. The van der Waals surface area contributed by atoms with E-state index in [0.29, 0.717) is 18.9 Å². The fraction of sp³-hybridized carbons (Fsp3) is 0.294. The van der Waals surface area contributed by atoms with Gasteiger partial charge in [-0.25, -0.2) is 0 Å². The lowest BCUT2D eigenvalue weighted by atomic mass is 10.1. The molecule has 0 heterocycles. The number of nitrogens with zero attached hydrogens (tertiary/aromatic N) is 1. The van der Waals surface area contributed by atoms with Crippen LogP contribution in [0.25, 0.3) is 0 Å². The van der Waals surface area contributed by atoms with Crippen molar-refractivity contribution in [2.45, 2.75) is 19.9 Å². The standard InChI is InChI=1S/C17H20N2O3.ClH/c1-2-22-17-9-8-16(19(20)21)12-15(17)13-18-11-10-14-6-4-3-5-7-14;/h3-9,12,18H,2,10-11,13H2,1H3;1H/p-1. The van der Waals surface area contributed by atoms with Gasteiger partial charge in [0, 0.05) is 24.2 Å². The number of hydrogen-bond donors (Lipinski definition) is 1. The van der Waals surface area contributed by atoms with Crippen LogP contribution in [0.1, 0.15) is 18.1 Å². The van der Waals surface area contributed by atoms with Gasteiger partial charge in [0.05, 0.1) is 11.5 Å². The number of nitro groups is 1. The number of non-ortho nitro benzene ring substituents is 1. The molecule has 0 bridgehead atoms. The van der Waals surface area contributed by atoms with Gasteiger partial charge in [0.2, 0.25) is 0 Å². The van der Waals surface area contributed by atoms with Crippen molar-refractivity contribution in [1.82, 2.24) is 5.32 Å². The fourth-order valence-electron chi connectivity index (χ4n) is 2.21. The highest BCUT2D eigenvalue weighted by atomic mass is 35.5. The minimum absolute atomic E-state index is 0. The molecule has 0 radical (unpaired) electrons. The van der Waals surface area contributed by atoms with Crippen molar-refractivity contribution in [1.29, 1.82) is 0 Å². The Hall–Kier alpha value is -2.11. The van der Waals surface area contributed by atoms with E-state index in [9.17, 15) is 10.1 Å². The summed E-state index contributed by atoms with van der Waals surface area (Å²) in [7, 11) is 0. The minimum atomic E-state index is -0.386. The Balaban J connectivity index is 0.00000264. The number of ether oxygens (including phenoxy) is 1. The third-order valence-electron chi connectivity index (χ3n) is 3.30. The van der Waals surface area contributed by atoms with Crippen LogP contribution in [0.4, 0.5) is 5.69 Å². The largest absolute Gasteiger partial charge is 1.00 e. The second-order valence-corrected chi connectivity index (χ2v) is 4.89. The molecule has 0 atom stereocenters. The number of benzene rings is 2. The zero-order valence-electron chi connectivity index (χ0n) is 13.0. The molecule has 0 amide bonds. The number of nitro benzene ring substituents is 1. The molecule has 2 rings (SSSR count). The normalized spacial score (nSPS) is 9.96. The van der Waals surface area contributed by atoms with E-state index in [-0.39, 0.29) is 23.0 Å². The molecule has 2 aromatic rings. The molecule has 23 heavy (non-hydrogen) atoms. The van der Waals surface area contributed by atoms with E-state index in [0.717, 1.165) is 18.5 Å². The maximum atomic E-state index is 10.9. The maximum absolute atomic E-state index is 10.9. The van der Waals surface area contributed by atoms with E-state index < -0.39 is 0 Å². The predicted octanol–water partition coefficient (Wildman–Crippen LogP) is 0.330. The number of hydrogen-bond acceptors (Lipinski definition) is 4. The zero-order valence-corrected chi connectivity index (χ0v) is 13.8. The fourth-order valence-corrected chi connectivity index (χ4v) is 2.21. The van der Waals surface area contributed by atoms with Crippen LogP contribution < -0.4 is 22.5 Å². The summed E-state index contributed by atoms with van der Waals surface area (Å²) in [5.41, 5.74) is 2.16. The molecule has 5 nitrogen and oxygen atoms in total. The van der Waals surface area contributed by atoms with Crippen molar-refractivity contribution in [2.75, 3.05) is 13.2 Å². The van der Waals surface area contributed by atoms with Gasteiger partial charge in [0.15, 0.2) is 0 Å². The molecule has 0 aromatic heterocycles. The highest BCUT2D eigenvalue weighted by molar-refractivity contribution is 5.43. The van der Waals surface area contributed by atoms with Gasteiger partial charge < -0.3 is 22.5 Å². The van der Waals surface area contributed by atoms with Crippen LogP contribution in [0, 0.1) is 10.1 Å². The van der Waals surface area contributed by atoms with Crippen molar-refractivity contribution in [3.8, 4) is 5.75 Å². The second kappa shape index (κ2) is 9.82. The molecule has 0 spiro atoms. The van der Waals surface area contributed by atoms with Crippen molar-refractivity contribution in [3.63, 3.8) is 0 Å². The Morgan fingerprint density at radius 3 is 2.57 bits per heavy atom. The highest BCUT2D eigenvalue weighted by Crippen LogP contribution is 2.24. The summed E-state index contributed by atoms with van der Waals surface area (Å²) in [6, 6.07) is 14.9. The van der Waals surface area contributed by atoms with E-state index in [2.05, 4.69) is 17.4 Å². The molecular formula is C17H20ClN2O3-. The van der Waals surface area contributed by atoms with Crippen LogP contribution in [-0.4, -0.2) is 18.1 Å². The molecule has 0 aliphatic rings. The van der Waals surface area contributed by atoms with E-state index >= 15 is 0 Å². The smallest absolute Gasteiger partial charge is 0.270 e. The SMILES string of the molecule is CCOc1ccc([N+](=O)[O-])cc1CNCCc1ccccc1.[Cl-].